The van der Waals surface area contributed by atoms with Crippen LogP contribution in [-0.2, 0) is 14.3 Å². The molecule has 0 aliphatic rings. The first-order valence-electron chi connectivity index (χ1n) is 7.60. The molecule has 126 valence electrons. The van der Waals surface area contributed by atoms with Crippen molar-refractivity contribution in [3.63, 3.8) is 0 Å². The number of hydrogen-bond donors (Lipinski definition) is 2. The van der Waals surface area contributed by atoms with Crippen LogP contribution >= 0.6 is 0 Å². The van der Waals surface area contributed by atoms with E-state index in [1.54, 1.807) is 12.2 Å². The molecule has 2 N–H and O–H groups in total. The maximum absolute atomic E-state index is 12.0. The molecule has 0 fully saturated rings. The smallest absolute Gasteiger partial charge is 0.252 e. The maximum Gasteiger partial charge on any atom is 0.252 e. The normalized spacial score (nSPS) is 13.1. The molecule has 0 aromatic heterocycles. The fraction of sp³-hybridized carbons (Fsp3) is 0.471. The number of carbonyl (C=O) groups is 2. The summed E-state index contributed by atoms with van der Waals surface area (Å²) >= 11 is 0. The van der Waals surface area contributed by atoms with Gasteiger partial charge in [-0.05, 0) is 18.4 Å². The molecule has 6 heteroatoms. The average molecular weight is 319 g/mol. The van der Waals surface area contributed by atoms with Crippen LogP contribution in [0.5, 0.6) is 0 Å². The fourth-order valence-corrected chi connectivity index (χ4v) is 1.84. The third-order valence-corrected chi connectivity index (χ3v) is 2.93. The number of amides is 2. The summed E-state index contributed by atoms with van der Waals surface area (Å²) in [6.45, 7) is 7.44. The second kappa shape index (κ2) is 11.1. The lowest BCUT2D eigenvalue weighted by molar-refractivity contribution is -0.117. The molecule has 0 bridgehead atoms. The van der Waals surface area contributed by atoms with Crippen LogP contribution in [0.3, 0.4) is 0 Å². The minimum Gasteiger partial charge on any atom is -0.445 e. The van der Waals surface area contributed by atoms with Gasteiger partial charge in [0.05, 0.1) is 17.2 Å². The Labute approximate surface area is 137 Å². The zero-order chi connectivity index (χ0) is 17.8. The monoisotopic (exact) mass is 319 g/mol. The highest BCUT2D eigenvalue weighted by molar-refractivity contribution is 5.94. The minimum absolute atomic E-state index is 0.0799. The van der Waals surface area contributed by atoms with Gasteiger partial charge >= 0.3 is 0 Å². The molecule has 0 heterocycles. The van der Waals surface area contributed by atoms with Gasteiger partial charge in [-0.25, -0.2) is 0 Å². The summed E-state index contributed by atoms with van der Waals surface area (Å²) in [7, 11) is 1.51. The van der Waals surface area contributed by atoms with Crippen molar-refractivity contribution in [3.05, 3.63) is 34.9 Å². The van der Waals surface area contributed by atoms with E-state index in [0.717, 1.165) is 6.42 Å². The van der Waals surface area contributed by atoms with Crippen LogP contribution in [0.25, 0.3) is 0 Å². The van der Waals surface area contributed by atoms with Crippen LogP contribution in [0.2, 0.25) is 0 Å². The molecule has 0 aliphatic heterocycles. The summed E-state index contributed by atoms with van der Waals surface area (Å²) in [5.41, 5.74) is 0.803. The molecule has 0 radical (unpaired) electrons. The molecule has 0 saturated carbocycles. The van der Waals surface area contributed by atoms with Crippen molar-refractivity contribution in [2.24, 2.45) is 5.92 Å². The van der Waals surface area contributed by atoms with Gasteiger partial charge in [-0.3, -0.25) is 14.9 Å². The van der Waals surface area contributed by atoms with Crippen molar-refractivity contribution in [2.75, 3.05) is 7.05 Å². The molecule has 0 saturated heterocycles. The van der Waals surface area contributed by atoms with E-state index in [2.05, 4.69) is 16.7 Å². The van der Waals surface area contributed by atoms with Crippen molar-refractivity contribution in [3.8, 4) is 6.07 Å². The second-order valence-electron chi connectivity index (χ2n) is 4.98. The Morgan fingerprint density at radius 2 is 2.00 bits per heavy atom. The molecule has 0 aromatic carbocycles. The van der Waals surface area contributed by atoms with Crippen molar-refractivity contribution in [1.29, 1.82) is 5.26 Å². The lowest BCUT2D eigenvalue weighted by atomic mass is 10.0. The molecule has 0 spiro atoms. The van der Waals surface area contributed by atoms with E-state index in [0.29, 0.717) is 29.7 Å². The van der Waals surface area contributed by atoms with E-state index < -0.39 is 0 Å². The summed E-state index contributed by atoms with van der Waals surface area (Å²) in [6.07, 6.45) is 5.07. The summed E-state index contributed by atoms with van der Waals surface area (Å²) in [5, 5.41) is 14.1. The third kappa shape index (κ3) is 6.83. The van der Waals surface area contributed by atoms with Crippen LogP contribution in [0.4, 0.5) is 0 Å². The number of hydrogen-bond acceptors (Lipinski definition) is 4. The van der Waals surface area contributed by atoms with Gasteiger partial charge in [0.25, 0.3) is 5.91 Å². The number of rotatable bonds is 9. The molecular formula is C17H25N3O3. The minimum atomic E-state index is -0.329. The van der Waals surface area contributed by atoms with Crippen LogP contribution in [-0.4, -0.2) is 19.4 Å². The maximum atomic E-state index is 12.0. The first-order chi connectivity index (χ1) is 10.9. The van der Waals surface area contributed by atoms with E-state index in [-0.39, 0.29) is 17.7 Å². The number of nitrogens with zero attached hydrogens (tertiary/aromatic N) is 1. The van der Waals surface area contributed by atoms with E-state index in [9.17, 15) is 9.59 Å². The largest absolute Gasteiger partial charge is 0.445 e. The van der Waals surface area contributed by atoms with Gasteiger partial charge in [0.2, 0.25) is 12.3 Å². The fourth-order valence-electron chi connectivity index (χ4n) is 1.84. The lowest BCUT2D eigenvalue weighted by Crippen LogP contribution is -2.28. The number of nitrogens with one attached hydrogen (secondary N) is 2. The third-order valence-electron chi connectivity index (χ3n) is 2.93. The Morgan fingerprint density at radius 1 is 1.35 bits per heavy atom. The van der Waals surface area contributed by atoms with Crippen LogP contribution < -0.4 is 10.6 Å². The zero-order valence-electron chi connectivity index (χ0n) is 14.4. The summed E-state index contributed by atoms with van der Waals surface area (Å²) in [5.74, 6) is 0.0791. The van der Waals surface area contributed by atoms with E-state index >= 15 is 0 Å². The predicted octanol–water partition coefficient (Wildman–Crippen LogP) is 2.52. The zero-order valence-corrected chi connectivity index (χ0v) is 14.4. The van der Waals surface area contributed by atoms with Crippen molar-refractivity contribution in [2.45, 2.75) is 40.5 Å². The van der Waals surface area contributed by atoms with Crippen LogP contribution in [0, 0.1) is 17.2 Å². The Balaban J connectivity index is 5.83. The molecule has 0 unspecified atom stereocenters. The number of likely N-dealkylation sites (N-methyl/N-ethyl adjacent to an activating group) is 1. The summed E-state index contributed by atoms with van der Waals surface area (Å²) in [4.78, 5) is 22.9. The second-order valence-corrected chi connectivity index (χ2v) is 4.98. The highest BCUT2D eigenvalue weighted by atomic mass is 16.5. The van der Waals surface area contributed by atoms with Crippen molar-refractivity contribution >= 4 is 12.3 Å². The lowest BCUT2D eigenvalue weighted by Gasteiger charge is -2.18. The number of nitriles is 1. The number of allylic oxidation sites excluding steroid dienone is 4. The standard InChI is InChI=1S/C17H25N3O3/c1-6-8-13(10-18)9-14(7-2)23-17(20-11-21)15(12(3)4)16(22)19-5/h8-9,11-12H,6-7H2,1-5H3,(H,19,22)(H,20,21)/b13-8+,14-9+,17-15+. The molecule has 0 rings (SSSR count). The van der Waals surface area contributed by atoms with Gasteiger partial charge in [0.1, 0.15) is 5.76 Å². The van der Waals surface area contributed by atoms with Crippen LogP contribution in [0.1, 0.15) is 40.5 Å². The molecular weight excluding hydrogens is 294 g/mol. The topological polar surface area (TPSA) is 91.2 Å². The average Bonchev–Trinajstić information content (AvgIpc) is 2.52. The number of ether oxygens (including phenoxy) is 1. The quantitative estimate of drug-likeness (QED) is 0.225. The van der Waals surface area contributed by atoms with Crippen LogP contribution in [0.15, 0.2) is 34.9 Å². The summed E-state index contributed by atoms with van der Waals surface area (Å²) < 4.78 is 5.71. The first-order valence-corrected chi connectivity index (χ1v) is 7.60. The molecule has 0 aliphatic carbocycles. The first kappa shape index (κ1) is 20.5. The molecule has 2 amide bonds. The molecule has 0 atom stereocenters. The predicted molar refractivity (Wildman–Crippen MR) is 88.6 cm³/mol. The molecule has 0 aromatic rings. The van der Waals surface area contributed by atoms with E-state index in [1.807, 2.05) is 27.7 Å². The van der Waals surface area contributed by atoms with Crippen molar-refractivity contribution in [1.82, 2.24) is 10.6 Å². The van der Waals surface area contributed by atoms with Gasteiger partial charge in [-0.15, -0.1) is 0 Å². The Morgan fingerprint density at radius 3 is 2.39 bits per heavy atom. The van der Waals surface area contributed by atoms with Gasteiger partial charge in [0.15, 0.2) is 0 Å². The number of carbonyl (C=O) groups excluding carboxylic acids is 2. The van der Waals surface area contributed by atoms with Gasteiger partial charge in [-0.1, -0.05) is 33.8 Å². The Bertz CT molecular complexity index is 552. The summed E-state index contributed by atoms with van der Waals surface area (Å²) in [6, 6.07) is 2.08. The molecule has 23 heavy (non-hydrogen) atoms. The Hall–Kier alpha value is -2.55. The van der Waals surface area contributed by atoms with Gasteiger partial charge in [-0.2, -0.15) is 5.26 Å². The Kier molecular flexibility index (Phi) is 9.85. The highest BCUT2D eigenvalue weighted by Gasteiger charge is 2.20. The van der Waals surface area contributed by atoms with Gasteiger partial charge < -0.3 is 10.1 Å². The molecule has 6 nitrogen and oxygen atoms in total. The van der Waals surface area contributed by atoms with Gasteiger partial charge in [0, 0.05) is 13.5 Å². The van der Waals surface area contributed by atoms with Crippen molar-refractivity contribution < 1.29 is 14.3 Å². The van der Waals surface area contributed by atoms with E-state index in [4.69, 9.17) is 10.00 Å². The SMILES string of the molecule is CC/C=C(C#N)\C=C(/CC)O/C(NC=O)=C(/C(=O)NC)C(C)C. The van der Waals surface area contributed by atoms with E-state index in [1.165, 1.54) is 7.05 Å². The highest BCUT2D eigenvalue weighted by Crippen LogP contribution is 2.19.